The first-order valence-electron chi connectivity index (χ1n) is 10.0. The monoisotopic (exact) mass is 496 g/mol. The number of fused-ring (bicyclic) bond motifs is 1. The van der Waals surface area contributed by atoms with Crippen LogP contribution < -0.4 is 10.6 Å². The minimum absolute atomic E-state index is 0. The summed E-state index contributed by atoms with van der Waals surface area (Å²) in [7, 11) is 0. The van der Waals surface area contributed by atoms with Crippen molar-refractivity contribution in [2.24, 2.45) is 4.99 Å². The van der Waals surface area contributed by atoms with Crippen molar-refractivity contribution in [1.29, 1.82) is 0 Å². The van der Waals surface area contributed by atoms with Crippen molar-refractivity contribution in [1.82, 2.24) is 24.9 Å². The van der Waals surface area contributed by atoms with Gasteiger partial charge in [0.05, 0.1) is 5.69 Å². The molecule has 28 heavy (non-hydrogen) atoms. The molecule has 2 N–H and O–H groups in total. The van der Waals surface area contributed by atoms with Crippen molar-refractivity contribution >= 4 is 35.6 Å². The number of piperidine rings is 1. The molecule has 3 heterocycles. The van der Waals surface area contributed by atoms with Crippen molar-refractivity contribution in [3.05, 3.63) is 48.4 Å². The Bertz CT molecular complexity index is 776. The second kappa shape index (κ2) is 11.4. The zero-order valence-corrected chi connectivity index (χ0v) is 19.4. The lowest BCUT2D eigenvalue weighted by Crippen LogP contribution is -2.48. The number of hydrogen-bond donors (Lipinski definition) is 2. The van der Waals surface area contributed by atoms with E-state index in [0.29, 0.717) is 6.04 Å². The third kappa shape index (κ3) is 6.20. The van der Waals surface area contributed by atoms with Gasteiger partial charge in [-0.15, -0.1) is 30.6 Å². The topological polar surface area (TPSA) is 57.0 Å². The summed E-state index contributed by atoms with van der Waals surface area (Å²) in [5.74, 6) is 0.916. The molecule has 7 heteroatoms. The first-order chi connectivity index (χ1) is 13.2. The third-order valence-corrected chi connectivity index (χ3v) is 5.03. The molecule has 0 bridgehead atoms. The van der Waals surface area contributed by atoms with Gasteiger partial charge in [-0.05, 0) is 38.3 Å². The summed E-state index contributed by atoms with van der Waals surface area (Å²) >= 11 is 0. The van der Waals surface area contributed by atoms with Crippen LogP contribution in [0.2, 0.25) is 0 Å². The van der Waals surface area contributed by atoms with E-state index < -0.39 is 0 Å². The quantitative estimate of drug-likeness (QED) is 0.268. The zero-order chi connectivity index (χ0) is 19.1. The number of likely N-dealkylation sites (tertiary alicyclic amines) is 1. The molecule has 0 aromatic carbocycles. The lowest BCUT2D eigenvalue weighted by atomic mass is 10.1. The Hall–Kier alpha value is -1.61. The van der Waals surface area contributed by atoms with Gasteiger partial charge in [0, 0.05) is 57.6 Å². The van der Waals surface area contributed by atoms with Crippen LogP contribution in [0.25, 0.3) is 5.65 Å². The van der Waals surface area contributed by atoms with Gasteiger partial charge < -0.3 is 15.0 Å². The molecule has 154 valence electrons. The summed E-state index contributed by atoms with van der Waals surface area (Å²) in [4.78, 5) is 11.9. The highest BCUT2D eigenvalue weighted by Crippen LogP contribution is 2.11. The van der Waals surface area contributed by atoms with Gasteiger partial charge in [-0.3, -0.25) is 9.89 Å². The van der Waals surface area contributed by atoms with Crippen LogP contribution in [0.4, 0.5) is 0 Å². The van der Waals surface area contributed by atoms with Crippen LogP contribution in [0, 0.1) is 6.92 Å². The molecule has 1 saturated heterocycles. The molecule has 0 unspecified atom stereocenters. The molecule has 0 amide bonds. The average Bonchev–Trinajstić information content (AvgIpc) is 3.08. The summed E-state index contributed by atoms with van der Waals surface area (Å²) in [6, 6.07) is 4.64. The Balaban J connectivity index is 0.00000280. The van der Waals surface area contributed by atoms with Crippen LogP contribution >= 0.6 is 24.0 Å². The number of pyridine rings is 1. The third-order valence-electron chi connectivity index (χ3n) is 5.03. The maximum atomic E-state index is 4.77. The lowest BCUT2D eigenvalue weighted by Gasteiger charge is -2.32. The number of guanidine groups is 1. The van der Waals surface area contributed by atoms with E-state index in [1.54, 1.807) is 0 Å². The van der Waals surface area contributed by atoms with E-state index in [9.17, 15) is 0 Å². The molecule has 1 aliphatic rings. The Morgan fingerprint density at radius 1 is 1.39 bits per heavy atom. The van der Waals surface area contributed by atoms with Gasteiger partial charge in [-0.25, -0.2) is 4.98 Å². The Labute approximate surface area is 185 Å². The molecule has 1 fully saturated rings. The Kier molecular flexibility index (Phi) is 9.24. The van der Waals surface area contributed by atoms with Crippen molar-refractivity contribution in [2.45, 2.75) is 39.2 Å². The molecule has 3 rings (SSSR count). The lowest BCUT2D eigenvalue weighted by molar-refractivity contribution is 0.225. The smallest absolute Gasteiger partial charge is 0.191 e. The zero-order valence-electron chi connectivity index (χ0n) is 17.0. The fourth-order valence-electron chi connectivity index (χ4n) is 3.56. The molecule has 0 radical (unpaired) electrons. The highest BCUT2D eigenvalue weighted by atomic mass is 127. The fraction of sp³-hybridized carbons (Fsp3) is 0.524. The van der Waals surface area contributed by atoms with Crippen LogP contribution in [0.1, 0.15) is 31.0 Å². The van der Waals surface area contributed by atoms with Gasteiger partial charge in [-0.2, -0.15) is 0 Å². The molecule has 2 aromatic heterocycles. The molecule has 0 spiro atoms. The van der Waals surface area contributed by atoms with Gasteiger partial charge in [0.1, 0.15) is 5.65 Å². The second-order valence-electron chi connectivity index (χ2n) is 7.17. The Morgan fingerprint density at radius 2 is 2.18 bits per heavy atom. The second-order valence-corrected chi connectivity index (χ2v) is 7.17. The van der Waals surface area contributed by atoms with Crippen LogP contribution in [-0.4, -0.2) is 59.0 Å². The fourth-order valence-corrected chi connectivity index (χ4v) is 3.56. The van der Waals surface area contributed by atoms with Gasteiger partial charge in [0.15, 0.2) is 5.96 Å². The maximum absolute atomic E-state index is 4.77. The first kappa shape index (κ1) is 22.7. The minimum Gasteiger partial charge on any atom is -0.357 e. The first-order valence-corrected chi connectivity index (χ1v) is 10.0. The normalized spacial score (nSPS) is 16.0. The van der Waals surface area contributed by atoms with Crippen LogP contribution in [0.15, 0.2) is 42.2 Å². The predicted molar refractivity (Wildman–Crippen MR) is 128 cm³/mol. The maximum Gasteiger partial charge on any atom is 0.191 e. The van der Waals surface area contributed by atoms with Gasteiger partial charge in [0.25, 0.3) is 0 Å². The summed E-state index contributed by atoms with van der Waals surface area (Å²) < 4.78 is 2.09. The molecule has 1 aliphatic heterocycles. The van der Waals surface area contributed by atoms with E-state index in [-0.39, 0.29) is 24.0 Å². The largest absolute Gasteiger partial charge is 0.357 e. The highest BCUT2D eigenvalue weighted by Gasteiger charge is 2.19. The molecule has 0 saturated carbocycles. The Morgan fingerprint density at radius 3 is 2.86 bits per heavy atom. The summed E-state index contributed by atoms with van der Waals surface area (Å²) in [5, 5.41) is 6.97. The SMILES string of the molecule is C=CCN1CCC(NC(=NCCc2cn3cccc(C)c3n2)NCC)CC1.I. The number of halogens is 1. The van der Waals surface area contributed by atoms with Crippen molar-refractivity contribution in [3.8, 4) is 0 Å². The van der Waals surface area contributed by atoms with Crippen LogP contribution in [0.5, 0.6) is 0 Å². The molecule has 0 aliphatic carbocycles. The summed E-state index contributed by atoms with van der Waals surface area (Å²) in [6.45, 7) is 12.8. The van der Waals surface area contributed by atoms with E-state index in [2.05, 4.69) is 58.7 Å². The minimum atomic E-state index is 0. The van der Waals surface area contributed by atoms with Gasteiger partial charge in [0.2, 0.25) is 0 Å². The van der Waals surface area contributed by atoms with Crippen LogP contribution in [-0.2, 0) is 6.42 Å². The molecule has 6 nitrogen and oxygen atoms in total. The van der Waals surface area contributed by atoms with Gasteiger partial charge >= 0.3 is 0 Å². The average molecular weight is 496 g/mol. The van der Waals surface area contributed by atoms with E-state index in [1.165, 1.54) is 5.56 Å². The molecule has 0 atom stereocenters. The number of rotatable bonds is 7. The molecular weight excluding hydrogens is 463 g/mol. The van der Waals surface area contributed by atoms with Crippen LogP contribution in [0.3, 0.4) is 0 Å². The number of hydrogen-bond acceptors (Lipinski definition) is 3. The predicted octanol–water partition coefficient (Wildman–Crippen LogP) is 3.01. The number of imidazole rings is 1. The summed E-state index contributed by atoms with van der Waals surface area (Å²) in [5.41, 5.74) is 3.32. The standard InChI is InChI=1S/C21H32N6.HI/c1-4-12-26-14-9-18(10-15-26)25-21(22-5-2)23-11-8-19-16-27-13-6-7-17(3)20(27)24-19;/h4,6-7,13,16,18H,1,5,8-12,14-15H2,2-3H3,(H2,22,23,25);1H. The number of aliphatic imine (C=N–C) groups is 1. The van der Waals surface area contributed by atoms with Crippen molar-refractivity contribution in [3.63, 3.8) is 0 Å². The van der Waals surface area contributed by atoms with E-state index >= 15 is 0 Å². The van der Waals surface area contributed by atoms with Crippen molar-refractivity contribution in [2.75, 3.05) is 32.7 Å². The number of nitrogens with one attached hydrogen (secondary N) is 2. The van der Waals surface area contributed by atoms with Gasteiger partial charge in [-0.1, -0.05) is 12.1 Å². The summed E-state index contributed by atoms with van der Waals surface area (Å²) in [6.07, 6.45) is 9.27. The highest BCUT2D eigenvalue weighted by molar-refractivity contribution is 14.0. The van der Waals surface area contributed by atoms with Crippen molar-refractivity contribution < 1.29 is 0 Å². The van der Waals surface area contributed by atoms with E-state index in [4.69, 9.17) is 9.98 Å². The van der Waals surface area contributed by atoms with E-state index in [0.717, 1.165) is 69.3 Å². The number of aromatic nitrogens is 2. The molecular formula is C21H33IN6. The number of aryl methyl sites for hydroxylation is 1. The molecule has 2 aromatic rings. The number of nitrogens with zero attached hydrogens (tertiary/aromatic N) is 4. The van der Waals surface area contributed by atoms with E-state index in [1.807, 2.05) is 12.3 Å².